The van der Waals surface area contributed by atoms with Gasteiger partial charge in [0.05, 0.1) is 22.8 Å². The standard InChI is InChI=1S/C17H15ClN4O/c1-11-16(20-17(23)14-9-6-10-15(18)19-14)12(2)22(21-11)13-7-4-3-5-8-13/h3-10H,1-2H3,(H,20,23). The van der Waals surface area contributed by atoms with Crippen LogP contribution in [0.5, 0.6) is 0 Å². The lowest BCUT2D eigenvalue weighted by Crippen LogP contribution is -2.14. The van der Waals surface area contributed by atoms with Gasteiger partial charge in [-0.25, -0.2) is 9.67 Å². The Balaban J connectivity index is 1.92. The fraction of sp³-hybridized carbons (Fsp3) is 0.118. The highest BCUT2D eigenvalue weighted by Gasteiger charge is 2.16. The maximum atomic E-state index is 12.3. The Morgan fingerprint density at radius 1 is 1.09 bits per heavy atom. The summed E-state index contributed by atoms with van der Waals surface area (Å²) in [4.78, 5) is 16.4. The molecule has 116 valence electrons. The minimum absolute atomic E-state index is 0.267. The van der Waals surface area contributed by atoms with Crippen molar-refractivity contribution in [2.24, 2.45) is 0 Å². The van der Waals surface area contributed by atoms with Gasteiger partial charge in [0.2, 0.25) is 0 Å². The second-order valence-electron chi connectivity index (χ2n) is 5.09. The zero-order valence-corrected chi connectivity index (χ0v) is 13.5. The average Bonchev–Trinajstić information content (AvgIpc) is 2.84. The topological polar surface area (TPSA) is 59.8 Å². The van der Waals surface area contributed by atoms with Crippen LogP contribution in [0.25, 0.3) is 5.69 Å². The Hall–Kier alpha value is -2.66. The van der Waals surface area contributed by atoms with Gasteiger partial charge < -0.3 is 5.32 Å². The van der Waals surface area contributed by atoms with Gasteiger partial charge in [-0.3, -0.25) is 4.79 Å². The molecule has 0 atom stereocenters. The van der Waals surface area contributed by atoms with E-state index in [1.54, 1.807) is 22.9 Å². The van der Waals surface area contributed by atoms with Crippen LogP contribution in [-0.2, 0) is 0 Å². The van der Waals surface area contributed by atoms with Gasteiger partial charge in [0.1, 0.15) is 10.8 Å². The summed E-state index contributed by atoms with van der Waals surface area (Å²) in [6.45, 7) is 3.77. The molecule has 1 amide bonds. The summed E-state index contributed by atoms with van der Waals surface area (Å²) in [5, 5.41) is 7.65. The molecule has 2 heterocycles. The van der Waals surface area contributed by atoms with E-state index in [-0.39, 0.29) is 16.8 Å². The summed E-state index contributed by atoms with van der Waals surface area (Å²) in [5.74, 6) is -0.314. The SMILES string of the molecule is Cc1nn(-c2ccccc2)c(C)c1NC(=O)c1cccc(Cl)n1. The first-order chi connectivity index (χ1) is 11.1. The van der Waals surface area contributed by atoms with Crippen LogP contribution >= 0.6 is 11.6 Å². The summed E-state index contributed by atoms with van der Waals surface area (Å²) in [7, 11) is 0. The number of rotatable bonds is 3. The molecule has 0 saturated heterocycles. The van der Waals surface area contributed by atoms with Gasteiger partial charge in [0, 0.05) is 0 Å². The number of aryl methyl sites for hydroxylation is 1. The number of amides is 1. The molecule has 2 aromatic heterocycles. The van der Waals surface area contributed by atoms with Crippen LogP contribution < -0.4 is 5.32 Å². The monoisotopic (exact) mass is 326 g/mol. The zero-order valence-electron chi connectivity index (χ0n) is 12.7. The Morgan fingerprint density at radius 3 is 2.52 bits per heavy atom. The van der Waals surface area contributed by atoms with Gasteiger partial charge in [-0.15, -0.1) is 0 Å². The van der Waals surface area contributed by atoms with Gasteiger partial charge >= 0.3 is 0 Å². The molecular formula is C17H15ClN4O. The minimum Gasteiger partial charge on any atom is -0.317 e. The normalized spacial score (nSPS) is 10.6. The molecule has 0 radical (unpaired) electrons. The van der Waals surface area contributed by atoms with Crippen LogP contribution in [0.4, 0.5) is 5.69 Å². The van der Waals surface area contributed by atoms with E-state index in [2.05, 4.69) is 15.4 Å². The van der Waals surface area contributed by atoms with Crippen molar-refractivity contribution in [3.8, 4) is 5.69 Å². The third-order valence-corrected chi connectivity index (χ3v) is 3.69. The van der Waals surface area contributed by atoms with Crippen LogP contribution in [0.2, 0.25) is 5.15 Å². The molecule has 0 spiro atoms. The Morgan fingerprint density at radius 2 is 1.83 bits per heavy atom. The van der Waals surface area contributed by atoms with Crippen molar-refractivity contribution in [1.29, 1.82) is 0 Å². The number of nitrogens with zero attached hydrogens (tertiary/aromatic N) is 3. The van der Waals surface area contributed by atoms with Gasteiger partial charge in [-0.2, -0.15) is 5.10 Å². The van der Waals surface area contributed by atoms with Crippen molar-refractivity contribution in [3.05, 3.63) is 70.8 Å². The fourth-order valence-electron chi connectivity index (χ4n) is 2.36. The van der Waals surface area contributed by atoms with Crippen LogP contribution in [0.3, 0.4) is 0 Å². The highest BCUT2D eigenvalue weighted by Crippen LogP contribution is 2.23. The molecule has 0 aliphatic rings. The second-order valence-corrected chi connectivity index (χ2v) is 5.48. The number of hydrogen-bond acceptors (Lipinski definition) is 3. The number of halogens is 1. The second kappa shape index (κ2) is 6.22. The van der Waals surface area contributed by atoms with Gasteiger partial charge in [0.25, 0.3) is 5.91 Å². The molecule has 0 aliphatic heterocycles. The average molecular weight is 327 g/mol. The molecular weight excluding hydrogens is 312 g/mol. The van der Waals surface area contributed by atoms with Gasteiger partial charge in [0.15, 0.2) is 0 Å². The van der Waals surface area contributed by atoms with Crippen molar-refractivity contribution in [2.75, 3.05) is 5.32 Å². The number of carbonyl (C=O) groups is 1. The lowest BCUT2D eigenvalue weighted by Gasteiger charge is -2.07. The predicted octanol–water partition coefficient (Wildman–Crippen LogP) is 3.79. The van der Waals surface area contributed by atoms with Crippen LogP contribution in [0, 0.1) is 13.8 Å². The number of aromatic nitrogens is 3. The van der Waals surface area contributed by atoms with Gasteiger partial charge in [-0.05, 0) is 38.1 Å². The zero-order chi connectivity index (χ0) is 16.4. The van der Waals surface area contributed by atoms with Crippen molar-refractivity contribution in [1.82, 2.24) is 14.8 Å². The summed E-state index contributed by atoms with van der Waals surface area (Å²) >= 11 is 5.83. The maximum absolute atomic E-state index is 12.3. The van der Waals surface area contributed by atoms with E-state index in [9.17, 15) is 4.79 Å². The van der Waals surface area contributed by atoms with E-state index in [0.717, 1.165) is 17.1 Å². The first kappa shape index (κ1) is 15.2. The Kier molecular flexibility index (Phi) is 4.12. The number of hydrogen-bond donors (Lipinski definition) is 1. The number of pyridine rings is 1. The molecule has 6 heteroatoms. The maximum Gasteiger partial charge on any atom is 0.274 e. The molecule has 5 nitrogen and oxygen atoms in total. The molecule has 0 bridgehead atoms. The van der Waals surface area contributed by atoms with Crippen molar-refractivity contribution >= 4 is 23.2 Å². The molecule has 1 aromatic carbocycles. The summed E-state index contributed by atoms with van der Waals surface area (Å²) < 4.78 is 1.80. The first-order valence-electron chi connectivity index (χ1n) is 7.12. The fourth-order valence-corrected chi connectivity index (χ4v) is 2.52. The molecule has 3 rings (SSSR count). The Labute approximate surface area is 138 Å². The first-order valence-corrected chi connectivity index (χ1v) is 7.49. The Bertz CT molecular complexity index is 858. The van der Waals surface area contributed by atoms with Crippen molar-refractivity contribution in [2.45, 2.75) is 13.8 Å². The molecule has 0 saturated carbocycles. The number of carbonyl (C=O) groups excluding carboxylic acids is 1. The van der Waals surface area contributed by atoms with Crippen molar-refractivity contribution < 1.29 is 4.79 Å². The molecule has 0 unspecified atom stereocenters. The molecule has 23 heavy (non-hydrogen) atoms. The van der Waals surface area contributed by atoms with Crippen LogP contribution in [-0.4, -0.2) is 20.7 Å². The predicted molar refractivity (Wildman–Crippen MR) is 90.2 cm³/mol. The number of para-hydroxylation sites is 1. The molecule has 0 aliphatic carbocycles. The van der Waals surface area contributed by atoms with Gasteiger partial charge in [-0.1, -0.05) is 35.9 Å². The third-order valence-electron chi connectivity index (χ3n) is 3.48. The smallest absolute Gasteiger partial charge is 0.274 e. The quantitative estimate of drug-likeness (QED) is 0.745. The van der Waals surface area contributed by atoms with E-state index in [1.807, 2.05) is 44.2 Å². The number of anilines is 1. The van der Waals surface area contributed by atoms with Crippen molar-refractivity contribution in [3.63, 3.8) is 0 Å². The minimum atomic E-state index is -0.314. The summed E-state index contributed by atoms with van der Waals surface area (Å²) in [6.07, 6.45) is 0. The van der Waals surface area contributed by atoms with E-state index >= 15 is 0 Å². The lowest BCUT2D eigenvalue weighted by molar-refractivity contribution is 0.102. The van der Waals surface area contributed by atoms with E-state index in [0.29, 0.717) is 5.69 Å². The largest absolute Gasteiger partial charge is 0.317 e. The third kappa shape index (κ3) is 3.10. The van der Waals surface area contributed by atoms with E-state index in [1.165, 1.54) is 0 Å². The van der Waals surface area contributed by atoms with Crippen LogP contribution in [0.15, 0.2) is 48.5 Å². The molecule has 1 N–H and O–H groups in total. The highest BCUT2D eigenvalue weighted by atomic mass is 35.5. The van der Waals surface area contributed by atoms with Crippen LogP contribution in [0.1, 0.15) is 21.9 Å². The summed E-state index contributed by atoms with van der Waals surface area (Å²) in [5.41, 5.74) is 3.48. The molecule has 0 fully saturated rings. The van der Waals surface area contributed by atoms with E-state index < -0.39 is 0 Å². The van der Waals surface area contributed by atoms with E-state index in [4.69, 9.17) is 11.6 Å². The number of nitrogens with one attached hydrogen (secondary N) is 1. The number of benzene rings is 1. The summed E-state index contributed by atoms with van der Waals surface area (Å²) in [6, 6.07) is 14.7. The highest BCUT2D eigenvalue weighted by molar-refractivity contribution is 6.29. The molecule has 3 aromatic rings. The lowest BCUT2D eigenvalue weighted by atomic mass is 10.2.